The van der Waals surface area contributed by atoms with E-state index in [1.54, 1.807) is 33.5 Å². The second-order valence-electron chi connectivity index (χ2n) is 8.15. The molecule has 0 aliphatic carbocycles. The Balaban J connectivity index is 1.66. The predicted octanol–water partition coefficient (Wildman–Crippen LogP) is 4.99. The van der Waals surface area contributed by atoms with Gasteiger partial charge in [-0.2, -0.15) is 0 Å². The van der Waals surface area contributed by atoms with Gasteiger partial charge in [-0.1, -0.05) is 12.1 Å². The van der Waals surface area contributed by atoms with Crippen LogP contribution in [0.2, 0.25) is 0 Å². The zero-order valence-corrected chi connectivity index (χ0v) is 20.0. The monoisotopic (exact) mass is 470 g/mol. The molecule has 178 valence electrons. The van der Waals surface area contributed by atoms with Crippen molar-refractivity contribution in [2.45, 2.75) is 13.0 Å². The van der Waals surface area contributed by atoms with Gasteiger partial charge in [-0.05, 0) is 55.5 Å². The third kappa shape index (κ3) is 3.93. The fourth-order valence-electron chi connectivity index (χ4n) is 4.47. The van der Waals surface area contributed by atoms with Crippen LogP contribution in [0.4, 0.5) is 11.6 Å². The number of aromatic nitrogens is 2. The SMILES string of the molecule is COc1ccc(NC(=O)C2=C(C)Nc3nc4ccccc4n3[C@@H]2c2ccc(OC)cc2OC)cc1. The number of fused-ring (bicyclic) bond motifs is 3. The van der Waals surface area contributed by atoms with E-state index in [2.05, 4.69) is 10.6 Å². The first-order valence-electron chi connectivity index (χ1n) is 11.2. The third-order valence-corrected chi connectivity index (χ3v) is 6.16. The van der Waals surface area contributed by atoms with Crippen molar-refractivity contribution < 1.29 is 19.0 Å². The van der Waals surface area contributed by atoms with E-state index in [-0.39, 0.29) is 5.91 Å². The number of methoxy groups -OCH3 is 3. The van der Waals surface area contributed by atoms with Crippen molar-refractivity contribution in [1.29, 1.82) is 0 Å². The molecular formula is C27H26N4O4. The molecule has 1 atom stereocenters. The van der Waals surface area contributed by atoms with E-state index in [0.29, 0.717) is 40.2 Å². The summed E-state index contributed by atoms with van der Waals surface area (Å²) in [6.45, 7) is 1.88. The molecular weight excluding hydrogens is 444 g/mol. The summed E-state index contributed by atoms with van der Waals surface area (Å²) in [6.07, 6.45) is 0. The van der Waals surface area contributed by atoms with Crippen LogP contribution < -0.4 is 24.8 Å². The largest absolute Gasteiger partial charge is 0.497 e. The molecule has 1 amide bonds. The number of ether oxygens (including phenoxy) is 3. The fraction of sp³-hybridized carbons (Fsp3) is 0.185. The Morgan fingerprint density at radius 1 is 0.943 bits per heavy atom. The van der Waals surface area contributed by atoms with Crippen molar-refractivity contribution >= 4 is 28.6 Å². The number of hydrogen-bond donors (Lipinski definition) is 2. The van der Waals surface area contributed by atoms with Crippen LogP contribution in [0.5, 0.6) is 17.2 Å². The van der Waals surface area contributed by atoms with Crippen LogP contribution in [0.1, 0.15) is 18.5 Å². The Kier molecular flexibility index (Phi) is 5.78. The number of benzene rings is 3. The van der Waals surface area contributed by atoms with E-state index in [0.717, 1.165) is 16.6 Å². The lowest BCUT2D eigenvalue weighted by atomic mass is 9.93. The molecule has 0 bridgehead atoms. The molecule has 3 aromatic carbocycles. The van der Waals surface area contributed by atoms with Crippen LogP contribution in [0.25, 0.3) is 11.0 Å². The van der Waals surface area contributed by atoms with Gasteiger partial charge in [0.15, 0.2) is 0 Å². The molecule has 0 spiro atoms. The number of imidazole rings is 1. The minimum Gasteiger partial charge on any atom is -0.497 e. The molecule has 1 aliphatic heterocycles. The lowest BCUT2D eigenvalue weighted by Gasteiger charge is -2.31. The molecule has 0 unspecified atom stereocenters. The number of nitrogens with zero attached hydrogens (tertiary/aromatic N) is 2. The third-order valence-electron chi connectivity index (χ3n) is 6.16. The van der Waals surface area contributed by atoms with E-state index in [1.165, 1.54) is 0 Å². The minimum atomic E-state index is -0.488. The van der Waals surface area contributed by atoms with Gasteiger partial charge in [-0.3, -0.25) is 9.36 Å². The van der Waals surface area contributed by atoms with Gasteiger partial charge >= 0.3 is 0 Å². The molecule has 0 saturated carbocycles. The maximum absolute atomic E-state index is 13.8. The highest BCUT2D eigenvalue weighted by Crippen LogP contribution is 2.43. The predicted molar refractivity (Wildman–Crippen MR) is 135 cm³/mol. The van der Waals surface area contributed by atoms with Gasteiger partial charge in [0.2, 0.25) is 5.95 Å². The first-order chi connectivity index (χ1) is 17.0. The Hall–Kier alpha value is -4.46. The molecule has 2 heterocycles. The zero-order chi connectivity index (χ0) is 24.5. The minimum absolute atomic E-state index is 0.230. The second-order valence-corrected chi connectivity index (χ2v) is 8.15. The molecule has 35 heavy (non-hydrogen) atoms. The number of carbonyl (C=O) groups is 1. The highest BCUT2D eigenvalue weighted by molar-refractivity contribution is 6.06. The average Bonchev–Trinajstić information content (AvgIpc) is 3.25. The summed E-state index contributed by atoms with van der Waals surface area (Å²) in [6, 6.07) is 20.2. The smallest absolute Gasteiger partial charge is 0.255 e. The van der Waals surface area contributed by atoms with Gasteiger partial charge in [0.25, 0.3) is 5.91 Å². The summed E-state index contributed by atoms with van der Waals surface area (Å²) in [5.74, 6) is 2.43. The quantitative estimate of drug-likeness (QED) is 0.413. The lowest BCUT2D eigenvalue weighted by Crippen LogP contribution is -2.31. The number of rotatable bonds is 6. The summed E-state index contributed by atoms with van der Waals surface area (Å²) >= 11 is 0. The van der Waals surface area contributed by atoms with E-state index in [1.807, 2.05) is 66.1 Å². The number of carbonyl (C=O) groups excluding carboxylic acids is 1. The number of allylic oxidation sites excluding steroid dienone is 1. The van der Waals surface area contributed by atoms with Crippen molar-refractivity contribution in [3.8, 4) is 17.2 Å². The molecule has 8 heteroatoms. The Morgan fingerprint density at radius 3 is 2.37 bits per heavy atom. The van der Waals surface area contributed by atoms with Crippen molar-refractivity contribution in [3.63, 3.8) is 0 Å². The Labute approximate surface area is 203 Å². The first kappa shape index (κ1) is 22.3. The van der Waals surface area contributed by atoms with Gasteiger partial charge in [-0.15, -0.1) is 0 Å². The summed E-state index contributed by atoms with van der Waals surface area (Å²) < 4.78 is 18.4. The molecule has 1 aromatic heterocycles. The number of para-hydroxylation sites is 2. The topological polar surface area (TPSA) is 86.6 Å². The van der Waals surface area contributed by atoms with Crippen LogP contribution in [0, 0.1) is 0 Å². The van der Waals surface area contributed by atoms with Crippen molar-refractivity contribution in [2.75, 3.05) is 32.0 Å². The van der Waals surface area contributed by atoms with E-state index in [4.69, 9.17) is 19.2 Å². The van der Waals surface area contributed by atoms with E-state index < -0.39 is 6.04 Å². The van der Waals surface area contributed by atoms with Crippen LogP contribution in [-0.2, 0) is 4.79 Å². The van der Waals surface area contributed by atoms with Crippen LogP contribution in [-0.4, -0.2) is 36.8 Å². The molecule has 8 nitrogen and oxygen atoms in total. The van der Waals surface area contributed by atoms with Crippen molar-refractivity contribution in [3.05, 3.63) is 83.6 Å². The molecule has 5 rings (SSSR count). The summed E-state index contributed by atoms with van der Waals surface area (Å²) in [7, 11) is 4.83. The maximum Gasteiger partial charge on any atom is 0.255 e. The standard InChI is InChI=1S/C27H26N4O4/c1-16-24(26(32)29-17-9-11-18(33-2)12-10-17)25(20-14-13-19(34-3)15-23(20)35-4)31-22-8-6-5-7-21(22)30-27(31)28-16/h5-15,25H,1-4H3,(H,28,30)(H,29,32)/t25-/m1/s1. The van der Waals surface area contributed by atoms with Gasteiger partial charge in [0, 0.05) is 23.0 Å². The van der Waals surface area contributed by atoms with Gasteiger partial charge in [-0.25, -0.2) is 4.98 Å². The maximum atomic E-state index is 13.8. The number of amides is 1. The molecule has 0 fully saturated rings. The highest BCUT2D eigenvalue weighted by Gasteiger charge is 2.35. The molecule has 4 aromatic rings. The molecule has 0 radical (unpaired) electrons. The number of nitrogens with one attached hydrogen (secondary N) is 2. The van der Waals surface area contributed by atoms with Gasteiger partial charge in [0.1, 0.15) is 17.2 Å². The first-order valence-corrected chi connectivity index (χ1v) is 11.2. The molecule has 1 aliphatic rings. The zero-order valence-electron chi connectivity index (χ0n) is 20.0. The fourth-order valence-corrected chi connectivity index (χ4v) is 4.47. The Morgan fingerprint density at radius 2 is 1.66 bits per heavy atom. The Bertz CT molecular complexity index is 1440. The molecule has 2 N–H and O–H groups in total. The van der Waals surface area contributed by atoms with Crippen LogP contribution in [0.3, 0.4) is 0 Å². The normalized spacial score (nSPS) is 14.8. The average molecular weight is 471 g/mol. The highest BCUT2D eigenvalue weighted by atomic mass is 16.5. The van der Waals surface area contributed by atoms with E-state index in [9.17, 15) is 4.79 Å². The van der Waals surface area contributed by atoms with E-state index >= 15 is 0 Å². The second kappa shape index (κ2) is 9.06. The summed E-state index contributed by atoms with van der Waals surface area (Å²) in [4.78, 5) is 18.5. The summed E-state index contributed by atoms with van der Waals surface area (Å²) in [5.41, 5.74) is 4.48. The van der Waals surface area contributed by atoms with Crippen LogP contribution >= 0.6 is 0 Å². The van der Waals surface area contributed by atoms with Gasteiger partial charge in [0.05, 0.1) is 44.0 Å². The summed E-state index contributed by atoms with van der Waals surface area (Å²) in [5, 5.41) is 6.36. The van der Waals surface area contributed by atoms with Crippen LogP contribution in [0.15, 0.2) is 78.0 Å². The van der Waals surface area contributed by atoms with Crippen molar-refractivity contribution in [2.24, 2.45) is 0 Å². The molecule has 0 saturated heterocycles. The van der Waals surface area contributed by atoms with Gasteiger partial charge < -0.3 is 24.8 Å². The van der Waals surface area contributed by atoms with Crippen molar-refractivity contribution in [1.82, 2.24) is 9.55 Å². The number of anilines is 2. The lowest BCUT2D eigenvalue weighted by molar-refractivity contribution is -0.113. The number of hydrogen-bond acceptors (Lipinski definition) is 6.